The predicted octanol–water partition coefficient (Wildman–Crippen LogP) is 2.96. The van der Waals surface area contributed by atoms with Crippen molar-refractivity contribution in [3.8, 4) is 28.6 Å². The van der Waals surface area contributed by atoms with Crippen molar-refractivity contribution >= 4 is 27.3 Å². The van der Waals surface area contributed by atoms with Gasteiger partial charge in [-0.2, -0.15) is 0 Å². The monoisotopic (exact) mass is 366 g/mol. The van der Waals surface area contributed by atoms with E-state index in [1.54, 1.807) is 37.4 Å². The van der Waals surface area contributed by atoms with Gasteiger partial charge in [-0.15, -0.1) is 21.5 Å². The molecule has 0 aliphatic carbocycles. The maximum absolute atomic E-state index is 11.8. The summed E-state index contributed by atoms with van der Waals surface area (Å²) in [5.74, 6) is 0.355. The summed E-state index contributed by atoms with van der Waals surface area (Å²) in [4.78, 5) is 11.8. The van der Waals surface area contributed by atoms with Crippen molar-refractivity contribution in [2.45, 2.75) is 0 Å². The summed E-state index contributed by atoms with van der Waals surface area (Å²) in [6.07, 6.45) is 0. The van der Waals surface area contributed by atoms with E-state index in [2.05, 4.69) is 10.2 Å². The van der Waals surface area contributed by atoms with Gasteiger partial charge in [0.2, 0.25) is 5.82 Å². The minimum atomic E-state index is -0.712. The van der Waals surface area contributed by atoms with Gasteiger partial charge >= 0.3 is 0 Å². The average molecular weight is 366 g/mol. The number of methoxy groups -OCH3 is 1. The lowest BCUT2D eigenvalue weighted by Crippen LogP contribution is -2.17. The molecular formula is C18H14N4O3S. The largest absolute Gasteiger partial charge is 0.506 e. The molecule has 0 fully saturated rings. The molecule has 4 rings (SSSR count). The van der Waals surface area contributed by atoms with Crippen LogP contribution in [-0.4, -0.2) is 32.9 Å². The number of aromatic nitrogens is 3. The van der Waals surface area contributed by atoms with Gasteiger partial charge in [0.25, 0.3) is 5.91 Å². The van der Waals surface area contributed by atoms with Crippen molar-refractivity contribution in [2.24, 2.45) is 5.73 Å². The third-order valence-electron chi connectivity index (χ3n) is 4.06. The molecule has 2 aromatic heterocycles. The Morgan fingerprint density at radius 1 is 1.15 bits per heavy atom. The fourth-order valence-corrected chi connectivity index (χ4v) is 3.59. The molecule has 4 aromatic rings. The number of hydrogen-bond acceptors (Lipinski definition) is 6. The molecule has 0 radical (unpaired) electrons. The Labute approximate surface area is 152 Å². The van der Waals surface area contributed by atoms with Crippen LogP contribution < -0.4 is 10.5 Å². The van der Waals surface area contributed by atoms with Gasteiger partial charge in [-0.1, -0.05) is 0 Å². The van der Waals surface area contributed by atoms with Gasteiger partial charge in [-0.05, 0) is 47.8 Å². The molecule has 130 valence electrons. The van der Waals surface area contributed by atoms with Crippen molar-refractivity contribution in [2.75, 3.05) is 7.11 Å². The minimum Gasteiger partial charge on any atom is -0.506 e. The third kappa shape index (κ3) is 2.47. The molecule has 7 nitrogen and oxygen atoms in total. The number of hydrogen-bond donors (Lipinski definition) is 2. The quantitative estimate of drug-likeness (QED) is 0.578. The van der Waals surface area contributed by atoms with Crippen LogP contribution in [0.25, 0.3) is 27.2 Å². The van der Waals surface area contributed by atoms with Gasteiger partial charge in [-0.3, -0.25) is 9.36 Å². The van der Waals surface area contributed by atoms with E-state index in [1.165, 1.54) is 15.9 Å². The number of nitrogens with two attached hydrogens (primary N) is 1. The Morgan fingerprint density at radius 3 is 2.62 bits per heavy atom. The van der Waals surface area contributed by atoms with Gasteiger partial charge < -0.3 is 15.6 Å². The number of primary amides is 1. The fraction of sp³-hybridized carbons (Fsp3) is 0.0556. The highest BCUT2D eigenvalue weighted by Crippen LogP contribution is 2.38. The number of thiophene rings is 1. The van der Waals surface area contributed by atoms with Gasteiger partial charge in [0.05, 0.1) is 12.7 Å². The Hall–Kier alpha value is -3.39. The van der Waals surface area contributed by atoms with E-state index in [9.17, 15) is 9.90 Å². The zero-order valence-corrected chi connectivity index (χ0v) is 14.5. The lowest BCUT2D eigenvalue weighted by molar-refractivity contribution is 0.0988. The number of fused-ring (bicyclic) bond motifs is 1. The van der Waals surface area contributed by atoms with Crippen LogP contribution in [0.15, 0.2) is 47.8 Å². The van der Waals surface area contributed by atoms with Crippen molar-refractivity contribution < 1.29 is 14.6 Å². The van der Waals surface area contributed by atoms with Crippen LogP contribution >= 0.6 is 11.3 Å². The Balaban J connectivity index is 1.96. The molecule has 0 unspecified atom stereocenters. The first kappa shape index (κ1) is 16.1. The van der Waals surface area contributed by atoms with Crippen molar-refractivity contribution in [1.29, 1.82) is 0 Å². The summed E-state index contributed by atoms with van der Waals surface area (Å²) in [5.41, 5.74) is 6.56. The zero-order chi connectivity index (χ0) is 18.3. The topological polar surface area (TPSA) is 103 Å². The summed E-state index contributed by atoms with van der Waals surface area (Å²) >= 11 is 1.53. The second-order valence-corrected chi connectivity index (χ2v) is 6.49. The van der Waals surface area contributed by atoms with E-state index in [-0.39, 0.29) is 11.6 Å². The fourth-order valence-electron chi connectivity index (χ4n) is 2.80. The standard InChI is InChI=1S/C18H14N4O3S/c1-25-11-4-2-10(3-5-11)22-17(20-21-18(22)16(19)24)13-6-7-14-12(15(13)23)8-9-26-14/h2-9,23H,1H3,(H2,19,24). The number of phenolic OH excluding ortho intramolecular Hbond substituents is 1. The van der Waals surface area contributed by atoms with Gasteiger partial charge in [-0.25, -0.2) is 0 Å². The highest BCUT2D eigenvalue weighted by atomic mass is 32.1. The van der Waals surface area contributed by atoms with E-state index in [4.69, 9.17) is 10.5 Å². The zero-order valence-electron chi connectivity index (χ0n) is 13.7. The third-order valence-corrected chi connectivity index (χ3v) is 4.94. The second-order valence-electron chi connectivity index (χ2n) is 5.54. The summed E-state index contributed by atoms with van der Waals surface area (Å²) in [6, 6.07) is 12.5. The summed E-state index contributed by atoms with van der Waals surface area (Å²) in [6.45, 7) is 0. The molecule has 2 aromatic carbocycles. The van der Waals surface area contributed by atoms with Gasteiger partial charge in [0, 0.05) is 15.8 Å². The molecule has 0 saturated carbocycles. The molecule has 0 atom stereocenters. The van der Waals surface area contributed by atoms with Crippen LogP contribution in [0.4, 0.5) is 0 Å². The highest BCUT2D eigenvalue weighted by Gasteiger charge is 2.22. The van der Waals surface area contributed by atoms with Crippen molar-refractivity contribution in [1.82, 2.24) is 14.8 Å². The molecule has 0 aliphatic heterocycles. The lowest BCUT2D eigenvalue weighted by atomic mass is 10.1. The predicted molar refractivity (Wildman–Crippen MR) is 98.9 cm³/mol. The van der Waals surface area contributed by atoms with Crippen molar-refractivity contribution in [3.63, 3.8) is 0 Å². The normalized spacial score (nSPS) is 11.0. The number of carbonyl (C=O) groups is 1. The molecule has 0 spiro atoms. The molecule has 26 heavy (non-hydrogen) atoms. The summed E-state index contributed by atoms with van der Waals surface area (Å²) in [5, 5.41) is 21.3. The number of ether oxygens (including phenoxy) is 1. The Morgan fingerprint density at radius 2 is 1.92 bits per heavy atom. The first-order chi connectivity index (χ1) is 12.6. The first-order valence-electron chi connectivity index (χ1n) is 7.69. The van der Waals surface area contributed by atoms with E-state index in [0.29, 0.717) is 22.8 Å². The molecule has 0 saturated heterocycles. The lowest BCUT2D eigenvalue weighted by Gasteiger charge is -2.11. The van der Waals surface area contributed by atoms with E-state index >= 15 is 0 Å². The molecule has 1 amide bonds. The minimum absolute atomic E-state index is 0.0185. The number of carbonyl (C=O) groups excluding carboxylic acids is 1. The number of benzene rings is 2. The van der Waals surface area contributed by atoms with Gasteiger partial charge in [0.15, 0.2) is 5.82 Å². The van der Waals surface area contributed by atoms with Crippen LogP contribution in [0.5, 0.6) is 11.5 Å². The number of phenols is 1. The van der Waals surface area contributed by atoms with Crippen molar-refractivity contribution in [3.05, 3.63) is 53.7 Å². The van der Waals surface area contributed by atoms with Crippen LogP contribution in [0.2, 0.25) is 0 Å². The number of nitrogens with zero attached hydrogens (tertiary/aromatic N) is 3. The highest BCUT2D eigenvalue weighted by molar-refractivity contribution is 7.17. The number of rotatable bonds is 4. The summed E-state index contributed by atoms with van der Waals surface area (Å²) < 4.78 is 7.64. The second kappa shape index (κ2) is 6.16. The summed E-state index contributed by atoms with van der Waals surface area (Å²) in [7, 11) is 1.57. The van der Waals surface area contributed by atoms with E-state index in [0.717, 1.165) is 10.1 Å². The SMILES string of the molecule is COc1ccc(-n2c(C(N)=O)nnc2-c2ccc3sccc3c2O)cc1. The van der Waals surface area contributed by atoms with Crippen LogP contribution in [-0.2, 0) is 0 Å². The molecule has 0 bridgehead atoms. The molecule has 3 N–H and O–H groups in total. The Bertz CT molecular complexity index is 1120. The van der Waals surface area contributed by atoms with Crippen LogP contribution in [0, 0.1) is 0 Å². The van der Waals surface area contributed by atoms with E-state index < -0.39 is 5.91 Å². The molecule has 2 heterocycles. The van der Waals surface area contributed by atoms with Gasteiger partial charge in [0.1, 0.15) is 11.5 Å². The molecular weight excluding hydrogens is 352 g/mol. The number of amides is 1. The Kier molecular flexibility index (Phi) is 3.81. The maximum Gasteiger partial charge on any atom is 0.287 e. The average Bonchev–Trinajstić information content (AvgIpc) is 3.29. The number of aromatic hydroxyl groups is 1. The smallest absolute Gasteiger partial charge is 0.287 e. The first-order valence-corrected chi connectivity index (χ1v) is 8.57. The molecule has 0 aliphatic rings. The van der Waals surface area contributed by atoms with Crippen LogP contribution in [0.1, 0.15) is 10.6 Å². The maximum atomic E-state index is 11.8. The molecule has 8 heteroatoms. The van der Waals surface area contributed by atoms with E-state index in [1.807, 2.05) is 17.5 Å². The van der Waals surface area contributed by atoms with Crippen LogP contribution in [0.3, 0.4) is 0 Å².